The van der Waals surface area contributed by atoms with Crippen LogP contribution >= 0.6 is 0 Å². The molecule has 0 saturated carbocycles. The number of hydrogen-bond donors (Lipinski definition) is 1. The van der Waals surface area contributed by atoms with Gasteiger partial charge in [0, 0.05) is 31.1 Å². The van der Waals surface area contributed by atoms with Crippen molar-refractivity contribution in [3.05, 3.63) is 22.8 Å². The summed E-state index contributed by atoms with van der Waals surface area (Å²) in [7, 11) is 1.68. The van der Waals surface area contributed by atoms with E-state index in [1.165, 1.54) is 5.56 Å². The minimum absolute atomic E-state index is 0.0597. The van der Waals surface area contributed by atoms with Crippen molar-refractivity contribution in [2.24, 2.45) is 0 Å². The first-order valence-corrected chi connectivity index (χ1v) is 6.98. The van der Waals surface area contributed by atoms with Crippen molar-refractivity contribution in [2.75, 3.05) is 13.7 Å². The molecule has 1 N–H and O–H groups in total. The number of nitrogens with zero attached hydrogens (tertiary/aromatic N) is 2. The molecule has 0 saturated heterocycles. The maximum Gasteiger partial charge on any atom is 0.157 e. The van der Waals surface area contributed by atoms with Crippen LogP contribution < -0.4 is 5.32 Å². The number of hydrogen-bond acceptors (Lipinski definition) is 4. The zero-order valence-electron chi connectivity index (χ0n) is 13.2. The summed E-state index contributed by atoms with van der Waals surface area (Å²) < 4.78 is 5.29. The molecule has 2 unspecified atom stereocenters. The van der Waals surface area contributed by atoms with E-state index in [1.54, 1.807) is 7.11 Å². The van der Waals surface area contributed by atoms with Crippen LogP contribution in [0.1, 0.15) is 62.5 Å². The monoisotopic (exact) mass is 265 g/mol. The van der Waals surface area contributed by atoms with Gasteiger partial charge in [-0.15, -0.1) is 0 Å². The fraction of sp³-hybridized carbons (Fsp3) is 0.733. The van der Waals surface area contributed by atoms with E-state index in [2.05, 4.69) is 49.9 Å². The van der Waals surface area contributed by atoms with Gasteiger partial charge in [-0.05, 0) is 32.3 Å². The Labute approximate surface area is 117 Å². The molecule has 1 aromatic rings. The molecule has 0 aromatic carbocycles. The van der Waals surface area contributed by atoms with Gasteiger partial charge in [-0.25, -0.2) is 9.97 Å². The topological polar surface area (TPSA) is 47.0 Å². The Morgan fingerprint density at radius 2 is 1.58 bits per heavy atom. The lowest BCUT2D eigenvalue weighted by Crippen LogP contribution is -2.28. The van der Waals surface area contributed by atoms with E-state index in [0.29, 0.717) is 12.0 Å². The predicted molar refractivity (Wildman–Crippen MR) is 78.5 cm³/mol. The minimum atomic E-state index is -0.0597. The number of nitrogens with one attached hydrogen (secondary N) is 1. The van der Waals surface area contributed by atoms with Crippen LogP contribution in [0.25, 0.3) is 0 Å². The molecular formula is C15H27N3O. The van der Waals surface area contributed by atoms with Crippen molar-refractivity contribution in [1.82, 2.24) is 15.3 Å². The molecule has 0 radical (unpaired) electrons. The van der Waals surface area contributed by atoms with Crippen LogP contribution in [0.4, 0.5) is 0 Å². The molecule has 4 heteroatoms. The largest absolute Gasteiger partial charge is 0.374 e. The van der Waals surface area contributed by atoms with Crippen LogP contribution in [0.15, 0.2) is 0 Å². The van der Waals surface area contributed by atoms with Crippen LogP contribution in [-0.4, -0.2) is 29.7 Å². The average molecular weight is 265 g/mol. The molecule has 1 heterocycles. The van der Waals surface area contributed by atoms with E-state index in [-0.39, 0.29) is 6.10 Å². The fourth-order valence-corrected chi connectivity index (χ4v) is 2.27. The number of methoxy groups -OCH3 is 1. The number of aromatic nitrogens is 2. The first-order valence-electron chi connectivity index (χ1n) is 6.98. The van der Waals surface area contributed by atoms with Crippen molar-refractivity contribution in [2.45, 2.75) is 59.6 Å². The second-order valence-corrected chi connectivity index (χ2v) is 5.51. The molecule has 0 aliphatic heterocycles. The predicted octanol–water partition coefficient (Wildman–Crippen LogP) is 2.90. The molecule has 0 amide bonds. The van der Waals surface area contributed by atoms with Gasteiger partial charge in [-0.2, -0.15) is 0 Å². The summed E-state index contributed by atoms with van der Waals surface area (Å²) in [6.45, 7) is 13.6. The first-order chi connectivity index (χ1) is 8.86. The lowest BCUT2D eigenvalue weighted by Gasteiger charge is -2.20. The minimum Gasteiger partial charge on any atom is -0.374 e. The molecule has 1 rings (SSSR count). The second kappa shape index (κ2) is 6.96. The molecule has 4 nitrogen and oxygen atoms in total. The Balaban J connectivity index is 2.96. The maximum atomic E-state index is 5.29. The fourth-order valence-electron chi connectivity index (χ4n) is 2.27. The SMILES string of the molecule is COC(C)c1nc(C)c(C(C)CNC(C)C)c(C)n1. The van der Waals surface area contributed by atoms with Crippen molar-refractivity contribution < 1.29 is 4.74 Å². The number of ether oxygens (including phenoxy) is 1. The number of rotatable bonds is 6. The van der Waals surface area contributed by atoms with Crippen molar-refractivity contribution in [3.8, 4) is 0 Å². The molecule has 0 fully saturated rings. The molecule has 0 spiro atoms. The van der Waals surface area contributed by atoms with Gasteiger partial charge in [-0.3, -0.25) is 0 Å². The quantitative estimate of drug-likeness (QED) is 0.859. The van der Waals surface area contributed by atoms with Crippen LogP contribution in [-0.2, 0) is 4.74 Å². The first kappa shape index (κ1) is 16.1. The van der Waals surface area contributed by atoms with Gasteiger partial charge in [0.15, 0.2) is 5.82 Å². The second-order valence-electron chi connectivity index (χ2n) is 5.51. The summed E-state index contributed by atoms with van der Waals surface area (Å²) in [5, 5.41) is 3.47. The Hall–Kier alpha value is -1.00. The van der Waals surface area contributed by atoms with Gasteiger partial charge >= 0.3 is 0 Å². The normalized spacial score (nSPS) is 14.7. The highest BCUT2D eigenvalue weighted by molar-refractivity contribution is 5.28. The Bertz CT molecular complexity index is 395. The highest BCUT2D eigenvalue weighted by Gasteiger charge is 2.17. The zero-order valence-corrected chi connectivity index (χ0v) is 13.2. The number of aryl methyl sites for hydroxylation is 2. The van der Waals surface area contributed by atoms with Crippen LogP contribution in [0, 0.1) is 13.8 Å². The van der Waals surface area contributed by atoms with Gasteiger partial charge < -0.3 is 10.1 Å². The third-order valence-corrected chi connectivity index (χ3v) is 3.39. The third-order valence-electron chi connectivity index (χ3n) is 3.39. The molecule has 108 valence electrons. The van der Waals surface area contributed by atoms with E-state index in [9.17, 15) is 0 Å². The Morgan fingerprint density at radius 3 is 2.00 bits per heavy atom. The van der Waals surface area contributed by atoms with Crippen molar-refractivity contribution >= 4 is 0 Å². The third kappa shape index (κ3) is 4.25. The van der Waals surface area contributed by atoms with Gasteiger partial charge in [0.05, 0.1) is 0 Å². The van der Waals surface area contributed by atoms with E-state index >= 15 is 0 Å². The van der Waals surface area contributed by atoms with Crippen LogP contribution in [0.3, 0.4) is 0 Å². The van der Waals surface area contributed by atoms with Crippen LogP contribution in [0.5, 0.6) is 0 Å². The summed E-state index contributed by atoms with van der Waals surface area (Å²) in [5.41, 5.74) is 3.37. The maximum absolute atomic E-state index is 5.29. The molecule has 0 bridgehead atoms. The molecule has 1 aromatic heterocycles. The molecule has 0 aliphatic carbocycles. The molecule has 19 heavy (non-hydrogen) atoms. The van der Waals surface area contributed by atoms with E-state index in [0.717, 1.165) is 23.8 Å². The van der Waals surface area contributed by atoms with Gasteiger partial charge in [-0.1, -0.05) is 20.8 Å². The highest BCUT2D eigenvalue weighted by atomic mass is 16.5. The smallest absolute Gasteiger partial charge is 0.157 e. The van der Waals surface area contributed by atoms with Gasteiger partial charge in [0.25, 0.3) is 0 Å². The average Bonchev–Trinajstić information content (AvgIpc) is 2.34. The van der Waals surface area contributed by atoms with E-state index in [4.69, 9.17) is 4.74 Å². The molecular weight excluding hydrogens is 238 g/mol. The summed E-state index contributed by atoms with van der Waals surface area (Å²) >= 11 is 0. The zero-order chi connectivity index (χ0) is 14.6. The van der Waals surface area contributed by atoms with Crippen molar-refractivity contribution in [1.29, 1.82) is 0 Å². The van der Waals surface area contributed by atoms with Crippen LogP contribution in [0.2, 0.25) is 0 Å². The van der Waals surface area contributed by atoms with Gasteiger partial charge in [0.1, 0.15) is 6.10 Å². The van der Waals surface area contributed by atoms with Crippen molar-refractivity contribution in [3.63, 3.8) is 0 Å². The Kier molecular flexibility index (Phi) is 5.88. The summed E-state index contributed by atoms with van der Waals surface area (Å²) in [4.78, 5) is 9.18. The molecule has 2 atom stereocenters. The lowest BCUT2D eigenvalue weighted by atomic mass is 9.97. The summed E-state index contributed by atoms with van der Waals surface area (Å²) in [5.74, 6) is 1.18. The van der Waals surface area contributed by atoms with Gasteiger partial charge in [0.2, 0.25) is 0 Å². The lowest BCUT2D eigenvalue weighted by molar-refractivity contribution is 0.111. The summed E-state index contributed by atoms with van der Waals surface area (Å²) in [6, 6.07) is 0.497. The van der Waals surface area contributed by atoms with E-state index < -0.39 is 0 Å². The molecule has 0 aliphatic rings. The Morgan fingerprint density at radius 1 is 1.05 bits per heavy atom. The summed E-state index contributed by atoms with van der Waals surface area (Å²) in [6.07, 6.45) is -0.0597. The van der Waals surface area contributed by atoms with E-state index in [1.807, 2.05) is 6.92 Å². The highest BCUT2D eigenvalue weighted by Crippen LogP contribution is 2.23. The standard InChI is InChI=1S/C15H27N3O/c1-9(2)16-8-10(3)14-11(4)17-15(13(6)19-7)18-12(14)5/h9-10,13,16H,8H2,1-7H3.